The predicted molar refractivity (Wildman–Crippen MR) is 72.9 cm³/mol. The summed E-state index contributed by atoms with van der Waals surface area (Å²) in [6, 6.07) is 4.41. The van der Waals surface area contributed by atoms with Crippen LogP contribution >= 0.6 is 0 Å². The molecule has 4 N–H and O–H groups in total. The maximum Gasteiger partial charge on any atom is 0.147 e. The van der Waals surface area contributed by atoms with Gasteiger partial charge in [-0.3, -0.25) is 0 Å². The van der Waals surface area contributed by atoms with E-state index in [1.165, 1.54) is 12.1 Å². The average molecular weight is 265 g/mol. The third-order valence-electron chi connectivity index (χ3n) is 3.31. The Bertz CT molecular complexity index is 494. The van der Waals surface area contributed by atoms with E-state index >= 15 is 0 Å². The molecule has 19 heavy (non-hydrogen) atoms. The van der Waals surface area contributed by atoms with Crippen LogP contribution in [0.3, 0.4) is 0 Å². The van der Waals surface area contributed by atoms with Crippen molar-refractivity contribution < 1.29 is 9.50 Å². The second kappa shape index (κ2) is 6.00. The van der Waals surface area contributed by atoms with Crippen LogP contribution in [0, 0.1) is 17.1 Å². The molecule has 4 nitrogen and oxygen atoms in total. The monoisotopic (exact) mass is 265 g/mol. The number of nitrogens with zero attached hydrogens (tertiary/aromatic N) is 1. The zero-order valence-electron chi connectivity index (χ0n) is 11.5. The Hall–Kier alpha value is -1.64. The molecule has 1 rings (SSSR count). The molecule has 0 bridgehead atoms. The molecule has 0 radical (unpaired) electrons. The Morgan fingerprint density at radius 1 is 1.53 bits per heavy atom. The van der Waals surface area contributed by atoms with Gasteiger partial charge >= 0.3 is 0 Å². The number of hydrogen-bond donors (Lipinski definition) is 3. The summed E-state index contributed by atoms with van der Waals surface area (Å²) in [6.07, 6.45) is 0.0206. The van der Waals surface area contributed by atoms with Gasteiger partial charge in [0.25, 0.3) is 0 Å². The Morgan fingerprint density at radius 2 is 2.16 bits per heavy atom. The molecule has 0 saturated carbocycles. The molecule has 0 saturated heterocycles. The fraction of sp³-hybridized carbons (Fsp3) is 0.500. The van der Waals surface area contributed by atoms with Crippen molar-refractivity contribution in [3.63, 3.8) is 0 Å². The van der Waals surface area contributed by atoms with Gasteiger partial charge in [-0.05, 0) is 38.0 Å². The summed E-state index contributed by atoms with van der Waals surface area (Å²) >= 11 is 0. The molecule has 0 aromatic heterocycles. The fourth-order valence-corrected chi connectivity index (χ4v) is 1.54. The maximum absolute atomic E-state index is 13.5. The van der Waals surface area contributed by atoms with E-state index in [1.54, 1.807) is 0 Å². The van der Waals surface area contributed by atoms with Crippen molar-refractivity contribution in [3.05, 3.63) is 29.1 Å². The third kappa shape index (κ3) is 3.91. The molecule has 0 heterocycles. The van der Waals surface area contributed by atoms with Gasteiger partial charge in [0, 0.05) is 12.1 Å². The van der Waals surface area contributed by atoms with Crippen molar-refractivity contribution in [1.29, 1.82) is 5.26 Å². The van der Waals surface area contributed by atoms with Crippen LogP contribution < -0.4 is 11.1 Å². The molecule has 1 atom stereocenters. The van der Waals surface area contributed by atoms with Crippen LogP contribution in [0.4, 0.5) is 10.1 Å². The lowest BCUT2D eigenvalue weighted by Gasteiger charge is -2.26. The number of nitrogens with two attached hydrogens (primary N) is 1. The molecule has 0 aliphatic heterocycles. The van der Waals surface area contributed by atoms with Gasteiger partial charge in [-0.2, -0.15) is 5.26 Å². The number of aliphatic hydroxyl groups is 1. The van der Waals surface area contributed by atoms with E-state index in [1.807, 2.05) is 26.8 Å². The Balaban J connectivity index is 2.87. The first-order valence-electron chi connectivity index (χ1n) is 6.23. The maximum atomic E-state index is 13.5. The molecule has 0 aliphatic carbocycles. The van der Waals surface area contributed by atoms with Crippen molar-refractivity contribution in [2.75, 3.05) is 12.3 Å². The summed E-state index contributed by atoms with van der Waals surface area (Å²) in [5.41, 5.74) is 5.54. The van der Waals surface area contributed by atoms with Crippen molar-refractivity contribution in [3.8, 4) is 6.07 Å². The number of aliphatic hydroxyl groups excluding tert-OH is 1. The van der Waals surface area contributed by atoms with E-state index in [0.29, 0.717) is 5.56 Å². The first-order valence-corrected chi connectivity index (χ1v) is 6.23. The van der Waals surface area contributed by atoms with Gasteiger partial charge in [-0.25, -0.2) is 4.39 Å². The van der Waals surface area contributed by atoms with Crippen LogP contribution in [0.15, 0.2) is 12.1 Å². The van der Waals surface area contributed by atoms with Gasteiger partial charge in [0.15, 0.2) is 0 Å². The normalized spacial score (nSPS) is 13.1. The van der Waals surface area contributed by atoms with Crippen LogP contribution in [0.25, 0.3) is 0 Å². The summed E-state index contributed by atoms with van der Waals surface area (Å²) in [5, 5.41) is 22.1. The van der Waals surface area contributed by atoms with Gasteiger partial charge in [0.2, 0.25) is 0 Å². The molecule has 104 valence electrons. The summed E-state index contributed by atoms with van der Waals surface area (Å²) in [5.74, 6) is -0.678. The first kappa shape index (κ1) is 15.4. The van der Waals surface area contributed by atoms with Gasteiger partial charge < -0.3 is 16.2 Å². The number of benzene rings is 1. The van der Waals surface area contributed by atoms with Crippen molar-refractivity contribution >= 4 is 5.69 Å². The number of rotatable bonds is 5. The fourth-order valence-electron chi connectivity index (χ4n) is 1.54. The quantitative estimate of drug-likeness (QED) is 0.712. The van der Waals surface area contributed by atoms with Crippen molar-refractivity contribution in [2.45, 2.75) is 38.8 Å². The highest BCUT2D eigenvalue weighted by Crippen LogP contribution is 2.22. The predicted octanol–water partition coefficient (Wildman–Crippen LogP) is 2.09. The lowest BCUT2D eigenvalue weighted by molar-refractivity contribution is 0.159. The Labute approximate surface area is 113 Å². The average Bonchev–Trinajstić information content (AvgIpc) is 2.39. The molecule has 1 aromatic rings. The molecular formula is C14H20FN3O. The molecule has 1 aromatic carbocycles. The van der Waals surface area contributed by atoms with E-state index in [9.17, 15) is 9.50 Å². The lowest BCUT2D eigenvalue weighted by Crippen LogP contribution is -2.40. The van der Waals surface area contributed by atoms with Crippen molar-refractivity contribution in [2.24, 2.45) is 0 Å². The van der Waals surface area contributed by atoms with Crippen LogP contribution in [0.5, 0.6) is 0 Å². The van der Waals surface area contributed by atoms with Crippen molar-refractivity contribution in [1.82, 2.24) is 5.32 Å². The minimum Gasteiger partial charge on any atom is -0.395 e. The molecule has 5 heteroatoms. The van der Waals surface area contributed by atoms with Gasteiger partial charge in [-0.1, -0.05) is 6.92 Å². The number of β-amino-alcohol motifs (C(OH)–C–C–N with tert-alkyl or cyclic N) is 1. The molecule has 0 spiro atoms. The highest BCUT2D eigenvalue weighted by molar-refractivity contribution is 5.56. The lowest BCUT2D eigenvalue weighted by atomic mass is 10.00. The van der Waals surface area contributed by atoms with Gasteiger partial charge in [0.1, 0.15) is 11.9 Å². The van der Waals surface area contributed by atoms with Gasteiger partial charge in [0.05, 0.1) is 17.4 Å². The third-order valence-corrected chi connectivity index (χ3v) is 3.31. The molecular weight excluding hydrogens is 245 g/mol. The second-order valence-electron chi connectivity index (χ2n) is 5.21. The largest absolute Gasteiger partial charge is 0.395 e. The van der Waals surface area contributed by atoms with E-state index in [-0.39, 0.29) is 23.3 Å². The number of halogens is 1. The van der Waals surface area contributed by atoms with E-state index in [2.05, 4.69) is 5.32 Å². The zero-order valence-corrected chi connectivity index (χ0v) is 11.5. The topological polar surface area (TPSA) is 82.1 Å². The molecule has 0 aliphatic rings. The van der Waals surface area contributed by atoms with Crippen LogP contribution in [0.1, 0.15) is 44.4 Å². The smallest absolute Gasteiger partial charge is 0.147 e. The highest BCUT2D eigenvalue weighted by Gasteiger charge is 2.18. The van der Waals surface area contributed by atoms with Crippen LogP contribution in [0.2, 0.25) is 0 Å². The number of anilines is 1. The highest BCUT2D eigenvalue weighted by atomic mass is 19.1. The minimum absolute atomic E-state index is 0.0452. The second-order valence-corrected chi connectivity index (χ2v) is 5.21. The summed E-state index contributed by atoms with van der Waals surface area (Å²) in [7, 11) is 0. The SMILES string of the molecule is CCC(C)(C)NCC(O)c1cc(F)c(N)c(C#N)c1. The standard InChI is InChI=1S/C14H20FN3O/c1-4-14(2,3)18-8-12(19)9-5-10(7-16)13(17)11(15)6-9/h5-6,12,18-19H,4,8,17H2,1-3H3. The first-order chi connectivity index (χ1) is 8.80. The summed E-state index contributed by atoms with van der Waals surface area (Å²) in [4.78, 5) is 0. The van der Waals surface area contributed by atoms with E-state index in [4.69, 9.17) is 11.0 Å². The van der Waals surface area contributed by atoms with E-state index < -0.39 is 11.9 Å². The summed E-state index contributed by atoms with van der Waals surface area (Å²) < 4.78 is 13.5. The van der Waals surface area contributed by atoms with Crippen LogP contribution in [-0.2, 0) is 0 Å². The number of nitrogens with one attached hydrogen (secondary N) is 1. The zero-order chi connectivity index (χ0) is 14.6. The molecule has 0 fully saturated rings. The van der Waals surface area contributed by atoms with Crippen LogP contribution in [-0.4, -0.2) is 17.2 Å². The Kier molecular flexibility index (Phi) is 4.87. The number of nitrogen functional groups attached to an aromatic ring is 1. The number of hydrogen-bond acceptors (Lipinski definition) is 4. The minimum atomic E-state index is -0.881. The van der Waals surface area contributed by atoms with E-state index in [0.717, 1.165) is 6.42 Å². The number of nitriles is 1. The summed E-state index contributed by atoms with van der Waals surface area (Å²) in [6.45, 7) is 6.36. The van der Waals surface area contributed by atoms with Gasteiger partial charge in [-0.15, -0.1) is 0 Å². The molecule has 0 amide bonds. The Morgan fingerprint density at radius 3 is 2.68 bits per heavy atom. The molecule has 1 unspecified atom stereocenters.